The second kappa shape index (κ2) is 6.49. The van der Waals surface area contributed by atoms with Crippen LogP contribution in [0.5, 0.6) is 0 Å². The first-order valence-corrected chi connectivity index (χ1v) is 6.97. The maximum Gasteiger partial charge on any atom is 0.273 e. The monoisotopic (exact) mass is 287 g/mol. The van der Waals surface area contributed by atoms with Gasteiger partial charge >= 0.3 is 0 Å². The first kappa shape index (κ1) is 15.2. The third-order valence-electron chi connectivity index (χ3n) is 3.12. The molecule has 6 nitrogen and oxygen atoms in total. The lowest BCUT2D eigenvalue weighted by atomic mass is 10.2. The lowest BCUT2D eigenvalue weighted by Crippen LogP contribution is -2.22. The number of carbonyl (C=O) groups excluding carboxylic acids is 1. The summed E-state index contributed by atoms with van der Waals surface area (Å²) in [5, 5.41) is 7.57. The highest BCUT2D eigenvalue weighted by Gasteiger charge is 2.13. The molecule has 0 spiro atoms. The summed E-state index contributed by atoms with van der Waals surface area (Å²) in [4.78, 5) is 17.8. The minimum atomic E-state index is -0.116. The molecule has 112 valence electrons. The summed E-state index contributed by atoms with van der Waals surface area (Å²) in [6.07, 6.45) is 3.59. The van der Waals surface area contributed by atoms with Crippen LogP contribution in [0, 0.1) is 6.92 Å². The van der Waals surface area contributed by atoms with Crippen molar-refractivity contribution in [1.82, 2.24) is 25.0 Å². The Hall–Kier alpha value is -2.21. The Balaban J connectivity index is 2.24. The molecule has 0 fully saturated rings. The molecule has 0 atom stereocenters. The van der Waals surface area contributed by atoms with Crippen LogP contribution in [0.25, 0.3) is 5.82 Å². The van der Waals surface area contributed by atoms with Crippen molar-refractivity contribution < 1.29 is 4.79 Å². The van der Waals surface area contributed by atoms with Crippen LogP contribution < -0.4 is 5.32 Å². The molecule has 0 unspecified atom stereocenters. The maximum absolute atomic E-state index is 11.9. The van der Waals surface area contributed by atoms with Crippen molar-refractivity contribution in [2.75, 3.05) is 20.6 Å². The van der Waals surface area contributed by atoms with E-state index in [2.05, 4.69) is 28.4 Å². The number of rotatable bonds is 5. The van der Waals surface area contributed by atoms with Gasteiger partial charge in [0, 0.05) is 33.0 Å². The molecule has 6 heteroatoms. The Morgan fingerprint density at radius 3 is 2.81 bits per heavy atom. The average Bonchev–Trinajstić information content (AvgIpc) is 2.93. The lowest BCUT2D eigenvalue weighted by molar-refractivity contribution is 0.0821. The van der Waals surface area contributed by atoms with Crippen LogP contribution in [-0.2, 0) is 6.54 Å². The van der Waals surface area contributed by atoms with Crippen molar-refractivity contribution in [3.05, 3.63) is 41.3 Å². The molecule has 0 aliphatic carbocycles. The molecular weight excluding hydrogens is 266 g/mol. The van der Waals surface area contributed by atoms with E-state index in [-0.39, 0.29) is 5.91 Å². The van der Waals surface area contributed by atoms with Gasteiger partial charge in [-0.15, -0.1) is 0 Å². The number of amides is 1. The molecule has 0 aliphatic heterocycles. The highest BCUT2D eigenvalue weighted by Crippen LogP contribution is 2.13. The largest absolute Gasteiger partial charge is 0.343 e. The first-order chi connectivity index (χ1) is 10.0. The summed E-state index contributed by atoms with van der Waals surface area (Å²) in [6, 6.07) is 3.79. The Labute approximate surface area is 124 Å². The van der Waals surface area contributed by atoms with Gasteiger partial charge in [0.1, 0.15) is 0 Å². The Kier molecular flexibility index (Phi) is 4.70. The van der Waals surface area contributed by atoms with Gasteiger partial charge < -0.3 is 10.2 Å². The molecule has 0 radical (unpaired) electrons. The normalized spacial score (nSPS) is 10.7. The molecule has 0 saturated carbocycles. The zero-order valence-corrected chi connectivity index (χ0v) is 12.9. The van der Waals surface area contributed by atoms with Gasteiger partial charge in [-0.1, -0.05) is 6.92 Å². The van der Waals surface area contributed by atoms with E-state index in [0.29, 0.717) is 5.69 Å². The quantitative estimate of drug-likeness (QED) is 0.902. The van der Waals surface area contributed by atoms with E-state index in [4.69, 9.17) is 0 Å². The van der Waals surface area contributed by atoms with Crippen LogP contribution in [-0.4, -0.2) is 46.2 Å². The zero-order valence-electron chi connectivity index (χ0n) is 12.9. The molecule has 2 aromatic rings. The fourth-order valence-corrected chi connectivity index (χ4v) is 2.02. The van der Waals surface area contributed by atoms with E-state index >= 15 is 0 Å². The van der Waals surface area contributed by atoms with Gasteiger partial charge in [-0.2, -0.15) is 5.10 Å². The Morgan fingerprint density at radius 2 is 2.19 bits per heavy atom. The summed E-state index contributed by atoms with van der Waals surface area (Å²) in [7, 11) is 3.42. The minimum Gasteiger partial charge on any atom is -0.343 e. The van der Waals surface area contributed by atoms with E-state index in [0.717, 1.165) is 30.0 Å². The minimum absolute atomic E-state index is 0.116. The van der Waals surface area contributed by atoms with Crippen LogP contribution in [0.2, 0.25) is 0 Å². The number of pyridine rings is 1. The number of aromatic nitrogens is 3. The van der Waals surface area contributed by atoms with Crippen LogP contribution in [0.3, 0.4) is 0 Å². The summed E-state index contributed by atoms with van der Waals surface area (Å²) >= 11 is 0. The summed E-state index contributed by atoms with van der Waals surface area (Å²) < 4.78 is 1.64. The highest BCUT2D eigenvalue weighted by molar-refractivity contribution is 5.91. The first-order valence-electron chi connectivity index (χ1n) is 6.97. The smallest absolute Gasteiger partial charge is 0.273 e. The van der Waals surface area contributed by atoms with Gasteiger partial charge in [0.15, 0.2) is 11.5 Å². The van der Waals surface area contributed by atoms with E-state index in [1.807, 2.05) is 13.1 Å². The van der Waals surface area contributed by atoms with Crippen LogP contribution in [0.1, 0.15) is 28.5 Å². The van der Waals surface area contributed by atoms with Gasteiger partial charge in [0.05, 0.1) is 0 Å². The number of aryl methyl sites for hydroxylation is 1. The SMILES string of the molecule is CCNCc1cnc(-n2ccc(C(=O)N(C)C)n2)c(C)c1. The maximum atomic E-state index is 11.9. The van der Waals surface area contributed by atoms with E-state index < -0.39 is 0 Å². The summed E-state index contributed by atoms with van der Waals surface area (Å²) in [5.74, 6) is 0.628. The van der Waals surface area contributed by atoms with Crippen LogP contribution in [0.15, 0.2) is 24.5 Å². The van der Waals surface area contributed by atoms with Crippen LogP contribution in [0.4, 0.5) is 0 Å². The van der Waals surface area contributed by atoms with Crippen molar-refractivity contribution in [2.45, 2.75) is 20.4 Å². The molecule has 2 rings (SSSR count). The van der Waals surface area contributed by atoms with Crippen molar-refractivity contribution in [3.63, 3.8) is 0 Å². The molecule has 2 aromatic heterocycles. The van der Waals surface area contributed by atoms with Gasteiger partial charge in [-0.3, -0.25) is 4.79 Å². The Morgan fingerprint density at radius 1 is 1.43 bits per heavy atom. The second-order valence-corrected chi connectivity index (χ2v) is 5.11. The lowest BCUT2D eigenvalue weighted by Gasteiger charge is -2.09. The Bertz CT molecular complexity index is 633. The number of nitrogens with one attached hydrogen (secondary N) is 1. The molecule has 0 bridgehead atoms. The van der Waals surface area contributed by atoms with Gasteiger partial charge in [0.2, 0.25) is 0 Å². The molecule has 0 saturated heterocycles. The number of nitrogens with zero attached hydrogens (tertiary/aromatic N) is 4. The summed E-state index contributed by atoms with van der Waals surface area (Å²) in [5.41, 5.74) is 2.57. The number of carbonyl (C=O) groups is 1. The third-order valence-corrected chi connectivity index (χ3v) is 3.12. The molecule has 0 aromatic carbocycles. The van der Waals surface area contributed by atoms with E-state index in [1.54, 1.807) is 31.0 Å². The van der Waals surface area contributed by atoms with Crippen LogP contribution >= 0.6 is 0 Å². The molecule has 1 N–H and O–H groups in total. The molecule has 21 heavy (non-hydrogen) atoms. The van der Waals surface area contributed by atoms with Gasteiger partial charge in [-0.25, -0.2) is 9.67 Å². The topological polar surface area (TPSA) is 63.1 Å². The standard InChI is InChI=1S/C15H21N5O/c1-5-16-9-12-8-11(2)14(17-10-12)20-7-6-13(18-20)15(21)19(3)4/h6-8,10,16H,5,9H2,1-4H3. The van der Waals surface area contributed by atoms with Crippen molar-refractivity contribution in [1.29, 1.82) is 0 Å². The predicted octanol–water partition coefficient (Wildman–Crippen LogP) is 1.39. The van der Waals surface area contributed by atoms with E-state index in [1.165, 1.54) is 4.90 Å². The molecule has 2 heterocycles. The van der Waals surface area contributed by atoms with Crippen molar-refractivity contribution in [2.24, 2.45) is 0 Å². The second-order valence-electron chi connectivity index (χ2n) is 5.11. The molecular formula is C15H21N5O. The number of hydrogen-bond acceptors (Lipinski definition) is 4. The third kappa shape index (κ3) is 3.46. The zero-order chi connectivity index (χ0) is 15.4. The fourth-order valence-electron chi connectivity index (χ4n) is 2.02. The van der Waals surface area contributed by atoms with Gasteiger partial charge in [-0.05, 0) is 36.7 Å². The number of hydrogen-bond donors (Lipinski definition) is 1. The highest BCUT2D eigenvalue weighted by atomic mass is 16.2. The fraction of sp³-hybridized carbons (Fsp3) is 0.400. The van der Waals surface area contributed by atoms with Gasteiger partial charge in [0.25, 0.3) is 5.91 Å². The summed E-state index contributed by atoms with van der Waals surface area (Å²) in [6.45, 7) is 5.79. The average molecular weight is 287 g/mol. The molecule has 1 amide bonds. The predicted molar refractivity (Wildman–Crippen MR) is 81.5 cm³/mol. The van der Waals surface area contributed by atoms with Crippen molar-refractivity contribution >= 4 is 5.91 Å². The molecule has 0 aliphatic rings. The van der Waals surface area contributed by atoms with Crippen molar-refractivity contribution in [3.8, 4) is 5.82 Å². The van der Waals surface area contributed by atoms with E-state index in [9.17, 15) is 4.79 Å².